The Balaban J connectivity index is 1.31. The molecule has 0 amide bonds. The zero-order valence-corrected chi connectivity index (χ0v) is 21.8. The highest BCUT2D eigenvalue weighted by molar-refractivity contribution is 6.41. The summed E-state index contributed by atoms with van der Waals surface area (Å²) in [5, 5.41) is 0. The fourth-order valence-corrected chi connectivity index (χ4v) is 7.02. The fraction of sp³-hybridized carbons (Fsp3) is 0.562. The number of aliphatic imine (C=N–C) groups is 2. The van der Waals surface area contributed by atoms with Gasteiger partial charge in [0.2, 0.25) is 0 Å². The molecule has 190 valence electrons. The summed E-state index contributed by atoms with van der Waals surface area (Å²) in [4.78, 5) is 16.2. The van der Waals surface area contributed by atoms with E-state index in [0.717, 1.165) is 38.0 Å². The predicted molar refractivity (Wildman–Crippen MR) is 149 cm³/mol. The molecule has 0 radical (unpaired) electrons. The van der Waals surface area contributed by atoms with E-state index < -0.39 is 0 Å². The molecule has 36 heavy (non-hydrogen) atoms. The van der Waals surface area contributed by atoms with Gasteiger partial charge in [-0.15, -0.1) is 0 Å². The molecule has 2 saturated carbocycles. The molecular weight excluding hydrogens is 440 g/mol. The Kier molecular flexibility index (Phi) is 7.39. The summed E-state index contributed by atoms with van der Waals surface area (Å²) < 4.78 is 0. The number of nitrogens with zero attached hydrogens (tertiary/aromatic N) is 4. The molecule has 0 bridgehead atoms. The lowest BCUT2D eigenvalue weighted by Crippen LogP contribution is -2.41. The second-order valence-corrected chi connectivity index (χ2v) is 11.6. The Labute approximate surface area is 217 Å². The maximum absolute atomic E-state index is 5.51. The van der Waals surface area contributed by atoms with Gasteiger partial charge in [-0.1, -0.05) is 99.2 Å². The highest BCUT2D eigenvalue weighted by atomic mass is 15.4. The third kappa shape index (κ3) is 5.38. The molecule has 2 aliphatic carbocycles. The topological polar surface area (TPSA) is 31.2 Å². The molecule has 2 aromatic carbocycles. The zero-order chi connectivity index (χ0) is 24.2. The Morgan fingerprint density at radius 1 is 0.528 bits per heavy atom. The van der Waals surface area contributed by atoms with E-state index in [2.05, 4.69) is 70.5 Å². The smallest absolute Gasteiger partial charge is 0.167 e. The molecule has 2 heterocycles. The van der Waals surface area contributed by atoms with E-state index in [1.165, 1.54) is 87.0 Å². The summed E-state index contributed by atoms with van der Waals surface area (Å²) in [6.07, 6.45) is 13.6. The number of hydrogen-bond donors (Lipinski definition) is 0. The summed E-state index contributed by atoms with van der Waals surface area (Å²) in [6.45, 7) is 3.94. The van der Waals surface area contributed by atoms with E-state index >= 15 is 0 Å². The van der Waals surface area contributed by atoms with Crippen LogP contribution in [0.5, 0.6) is 0 Å². The molecule has 0 N–H and O–H groups in total. The zero-order valence-electron chi connectivity index (χ0n) is 21.8. The maximum atomic E-state index is 5.51. The van der Waals surface area contributed by atoms with Crippen LogP contribution >= 0.6 is 0 Å². The Bertz CT molecular complexity index is 949. The van der Waals surface area contributed by atoms with Crippen molar-refractivity contribution in [1.82, 2.24) is 9.80 Å². The maximum Gasteiger partial charge on any atom is 0.167 e. The highest BCUT2D eigenvalue weighted by Gasteiger charge is 2.39. The van der Waals surface area contributed by atoms with E-state index in [1.54, 1.807) is 0 Å². The predicted octanol–water partition coefficient (Wildman–Crippen LogP) is 6.71. The first-order chi connectivity index (χ1) is 17.8. The lowest BCUT2D eigenvalue weighted by atomic mass is 9.84. The van der Waals surface area contributed by atoms with Gasteiger partial charge in [-0.2, -0.15) is 0 Å². The van der Waals surface area contributed by atoms with Crippen LogP contribution in [0.15, 0.2) is 70.6 Å². The van der Waals surface area contributed by atoms with Gasteiger partial charge in [0.15, 0.2) is 11.7 Å². The van der Waals surface area contributed by atoms with Crippen molar-refractivity contribution < 1.29 is 0 Å². The largest absolute Gasteiger partial charge is 0.347 e. The van der Waals surface area contributed by atoms with Crippen molar-refractivity contribution in [3.05, 3.63) is 71.8 Å². The van der Waals surface area contributed by atoms with E-state index in [9.17, 15) is 0 Å². The van der Waals surface area contributed by atoms with Gasteiger partial charge in [-0.05, 0) is 48.6 Å². The average molecular weight is 483 g/mol. The van der Waals surface area contributed by atoms with Crippen LogP contribution in [0, 0.1) is 11.8 Å². The third-order valence-electron chi connectivity index (χ3n) is 9.01. The summed E-state index contributed by atoms with van der Waals surface area (Å²) in [6, 6.07) is 22.7. The SMILES string of the molecule is c1ccc(CN2C[C@H](C3CCCCC3)N=C2C2=N[C@@H](C3CCCCC3)CN2Cc2ccccc2)cc1. The first-order valence-electron chi connectivity index (χ1n) is 14.6. The molecule has 0 saturated heterocycles. The van der Waals surface area contributed by atoms with Gasteiger partial charge in [0.1, 0.15) is 0 Å². The van der Waals surface area contributed by atoms with E-state index in [4.69, 9.17) is 9.98 Å². The van der Waals surface area contributed by atoms with Gasteiger partial charge in [0.25, 0.3) is 0 Å². The molecule has 4 aliphatic rings. The minimum atomic E-state index is 0.416. The molecule has 4 heteroatoms. The van der Waals surface area contributed by atoms with Gasteiger partial charge in [-0.25, -0.2) is 0 Å². The minimum Gasteiger partial charge on any atom is -0.347 e. The highest BCUT2D eigenvalue weighted by Crippen LogP contribution is 2.35. The lowest BCUT2D eigenvalue weighted by Gasteiger charge is -2.28. The number of amidine groups is 2. The summed E-state index contributed by atoms with van der Waals surface area (Å²) in [5.41, 5.74) is 2.73. The van der Waals surface area contributed by atoms with E-state index in [-0.39, 0.29) is 0 Å². The van der Waals surface area contributed by atoms with Gasteiger partial charge in [0, 0.05) is 26.2 Å². The number of rotatable bonds is 7. The van der Waals surface area contributed by atoms with Crippen molar-refractivity contribution in [3.8, 4) is 0 Å². The molecule has 2 aliphatic heterocycles. The Hall–Kier alpha value is -2.62. The van der Waals surface area contributed by atoms with Gasteiger partial charge in [0.05, 0.1) is 12.1 Å². The Morgan fingerprint density at radius 2 is 0.917 bits per heavy atom. The molecule has 0 spiro atoms. The van der Waals surface area contributed by atoms with Crippen LogP contribution in [0.2, 0.25) is 0 Å². The molecular formula is C32H42N4. The summed E-state index contributed by atoms with van der Waals surface area (Å²) in [5.74, 6) is 3.80. The molecule has 4 nitrogen and oxygen atoms in total. The average Bonchev–Trinajstić information content (AvgIpc) is 3.55. The molecule has 0 aromatic heterocycles. The van der Waals surface area contributed by atoms with Gasteiger partial charge < -0.3 is 9.80 Å². The quantitative estimate of drug-likeness (QED) is 0.439. The van der Waals surface area contributed by atoms with Crippen molar-refractivity contribution in [2.24, 2.45) is 21.8 Å². The van der Waals surface area contributed by atoms with Gasteiger partial charge >= 0.3 is 0 Å². The van der Waals surface area contributed by atoms with Crippen LogP contribution in [-0.2, 0) is 13.1 Å². The first kappa shape index (κ1) is 23.8. The van der Waals surface area contributed by atoms with Crippen molar-refractivity contribution in [2.75, 3.05) is 13.1 Å². The fourth-order valence-electron chi connectivity index (χ4n) is 7.02. The van der Waals surface area contributed by atoms with Crippen LogP contribution in [0.4, 0.5) is 0 Å². The summed E-state index contributed by atoms with van der Waals surface area (Å²) in [7, 11) is 0. The third-order valence-corrected chi connectivity index (χ3v) is 9.01. The summed E-state index contributed by atoms with van der Waals surface area (Å²) >= 11 is 0. The minimum absolute atomic E-state index is 0.416. The van der Waals surface area contributed by atoms with Crippen molar-refractivity contribution in [3.63, 3.8) is 0 Å². The van der Waals surface area contributed by atoms with Crippen molar-refractivity contribution in [2.45, 2.75) is 89.4 Å². The van der Waals surface area contributed by atoms with E-state index in [1.807, 2.05) is 0 Å². The molecule has 2 aromatic rings. The lowest BCUT2D eigenvalue weighted by molar-refractivity contribution is 0.280. The Morgan fingerprint density at radius 3 is 1.31 bits per heavy atom. The van der Waals surface area contributed by atoms with Crippen LogP contribution in [0.3, 0.4) is 0 Å². The van der Waals surface area contributed by atoms with E-state index in [0.29, 0.717) is 12.1 Å². The van der Waals surface area contributed by atoms with Crippen molar-refractivity contribution in [1.29, 1.82) is 0 Å². The first-order valence-corrected chi connectivity index (χ1v) is 14.6. The number of hydrogen-bond acceptors (Lipinski definition) is 4. The van der Waals surface area contributed by atoms with Crippen LogP contribution in [0.25, 0.3) is 0 Å². The van der Waals surface area contributed by atoms with Crippen LogP contribution in [-0.4, -0.2) is 46.6 Å². The molecule has 0 unspecified atom stereocenters. The number of benzene rings is 2. The van der Waals surface area contributed by atoms with Gasteiger partial charge in [-0.3, -0.25) is 9.98 Å². The van der Waals surface area contributed by atoms with Crippen LogP contribution < -0.4 is 0 Å². The molecule has 6 rings (SSSR count). The monoisotopic (exact) mass is 482 g/mol. The molecule has 2 atom stereocenters. The standard InChI is InChI=1S/C32H42N4/c1-5-13-25(14-6-1)21-35-23-29(27-17-9-3-10-18-27)33-31(35)32-34-30(28-19-11-4-12-20-28)24-36(32)22-26-15-7-2-8-16-26/h1-2,5-8,13-16,27-30H,3-4,9-12,17-24H2/t29-,30-/m1/s1. The molecule has 2 fully saturated rings. The second-order valence-electron chi connectivity index (χ2n) is 11.6. The van der Waals surface area contributed by atoms with Crippen LogP contribution in [0.1, 0.15) is 75.3 Å². The van der Waals surface area contributed by atoms with Crippen molar-refractivity contribution >= 4 is 11.7 Å². The normalized spacial score (nSPS) is 25.8. The second kappa shape index (κ2) is 11.2.